The SMILES string of the molecule is O=C([O-])[C@@H](Cc1cnc[nH]1)N1C(=O)c2ccccc2C1=O. The summed E-state index contributed by atoms with van der Waals surface area (Å²) in [6, 6.07) is 4.86. The van der Waals surface area contributed by atoms with Crippen LogP contribution in [0.1, 0.15) is 26.4 Å². The van der Waals surface area contributed by atoms with Gasteiger partial charge in [0.1, 0.15) is 0 Å². The molecule has 3 rings (SSSR count). The quantitative estimate of drug-likeness (QED) is 0.752. The lowest BCUT2D eigenvalue weighted by atomic mass is 10.1. The monoisotopic (exact) mass is 284 g/mol. The average molecular weight is 284 g/mol. The molecule has 2 amide bonds. The van der Waals surface area contributed by atoms with E-state index in [4.69, 9.17) is 0 Å². The summed E-state index contributed by atoms with van der Waals surface area (Å²) in [5.41, 5.74) is 0.914. The number of benzene rings is 1. The van der Waals surface area contributed by atoms with Crippen LogP contribution >= 0.6 is 0 Å². The Morgan fingerprint density at radius 1 is 1.24 bits per heavy atom. The first kappa shape index (κ1) is 13.0. The number of carbonyl (C=O) groups excluding carboxylic acids is 3. The molecule has 0 saturated carbocycles. The van der Waals surface area contributed by atoms with Crippen LogP contribution in [0.25, 0.3) is 0 Å². The summed E-state index contributed by atoms with van der Waals surface area (Å²) < 4.78 is 0. The molecule has 0 spiro atoms. The maximum Gasteiger partial charge on any atom is 0.262 e. The second kappa shape index (κ2) is 4.86. The number of nitrogens with one attached hydrogen (secondary N) is 1. The fourth-order valence-corrected chi connectivity index (χ4v) is 2.38. The molecule has 0 aliphatic carbocycles. The van der Waals surface area contributed by atoms with Crippen LogP contribution < -0.4 is 5.11 Å². The molecule has 21 heavy (non-hydrogen) atoms. The fourth-order valence-electron chi connectivity index (χ4n) is 2.38. The normalized spacial score (nSPS) is 15.1. The van der Waals surface area contributed by atoms with Crippen LogP contribution in [-0.4, -0.2) is 38.7 Å². The average Bonchev–Trinajstić information content (AvgIpc) is 3.06. The van der Waals surface area contributed by atoms with E-state index in [9.17, 15) is 19.5 Å². The van der Waals surface area contributed by atoms with E-state index in [0.29, 0.717) is 5.69 Å². The van der Waals surface area contributed by atoms with E-state index < -0.39 is 23.8 Å². The van der Waals surface area contributed by atoms with E-state index >= 15 is 0 Å². The highest BCUT2D eigenvalue weighted by Crippen LogP contribution is 2.25. The van der Waals surface area contributed by atoms with Crippen LogP contribution in [0.4, 0.5) is 0 Å². The number of nitrogens with zero attached hydrogens (tertiary/aromatic N) is 2. The van der Waals surface area contributed by atoms with Crippen molar-refractivity contribution in [2.45, 2.75) is 12.5 Å². The van der Waals surface area contributed by atoms with Gasteiger partial charge in [0.25, 0.3) is 11.8 Å². The Morgan fingerprint density at radius 2 is 1.86 bits per heavy atom. The molecule has 1 aromatic heterocycles. The third kappa shape index (κ3) is 2.08. The number of aliphatic carboxylic acids is 1. The van der Waals surface area contributed by atoms with Gasteiger partial charge in [0.05, 0.1) is 29.5 Å². The van der Waals surface area contributed by atoms with Crippen molar-refractivity contribution in [2.75, 3.05) is 0 Å². The smallest absolute Gasteiger partial charge is 0.262 e. The summed E-state index contributed by atoms with van der Waals surface area (Å²) in [4.78, 5) is 43.2. The number of hydrogen-bond donors (Lipinski definition) is 1. The second-order valence-electron chi connectivity index (χ2n) is 4.64. The number of H-pyrrole nitrogens is 1. The topological polar surface area (TPSA) is 106 Å². The van der Waals surface area contributed by atoms with Crippen LogP contribution in [0.2, 0.25) is 0 Å². The van der Waals surface area contributed by atoms with Crippen molar-refractivity contribution in [3.8, 4) is 0 Å². The molecule has 2 heterocycles. The zero-order chi connectivity index (χ0) is 15.0. The predicted molar refractivity (Wildman–Crippen MR) is 68.0 cm³/mol. The lowest BCUT2D eigenvalue weighted by Gasteiger charge is -2.26. The van der Waals surface area contributed by atoms with E-state index in [1.165, 1.54) is 24.7 Å². The van der Waals surface area contributed by atoms with Gasteiger partial charge < -0.3 is 14.9 Å². The summed E-state index contributed by atoms with van der Waals surface area (Å²) in [5.74, 6) is -2.73. The van der Waals surface area contributed by atoms with Crippen LogP contribution in [-0.2, 0) is 11.2 Å². The standard InChI is InChI=1S/C14H11N3O4/c18-12-9-3-1-2-4-10(9)13(19)17(12)11(14(20)21)5-8-6-15-7-16-8/h1-4,6-7,11H,5H2,(H,15,16)(H,20,21)/p-1/t11-/m1/s1. The molecule has 106 valence electrons. The maximum atomic E-state index is 12.3. The number of carboxylic acids is 1. The number of imidazole rings is 1. The number of aromatic amines is 1. The van der Waals surface area contributed by atoms with Crippen molar-refractivity contribution < 1.29 is 19.5 Å². The molecular weight excluding hydrogens is 274 g/mol. The van der Waals surface area contributed by atoms with Gasteiger partial charge in [0.2, 0.25) is 0 Å². The summed E-state index contributed by atoms with van der Waals surface area (Å²) in [6.45, 7) is 0. The van der Waals surface area contributed by atoms with E-state index in [-0.39, 0.29) is 17.5 Å². The van der Waals surface area contributed by atoms with Crippen molar-refractivity contribution in [1.29, 1.82) is 0 Å². The van der Waals surface area contributed by atoms with Gasteiger partial charge in [-0.15, -0.1) is 0 Å². The summed E-state index contributed by atoms with van der Waals surface area (Å²) >= 11 is 0. The van der Waals surface area contributed by atoms with Crippen molar-refractivity contribution in [1.82, 2.24) is 14.9 Å². The Bertz CT molecular complexity index is 689. The molecule has 7 heteroatoms. The molecule has 7 nitrogen and oxygen atoms in total. The summed E-state index contributed by atoms with van der Waals surface area (Å²) in [7, 11) is 0. The zero-order valence-corrected chi connectivity index (χ0v) is 10.8. The van der Waals surface area contributed by atoms with E-state index in [0.717, 1.165) is 4.90 Å². The van der Waals surface area contributed by atoms with Gasteiger partial charge in [-0.05, 0) is 12.1 Å². The highest BCUT2D eigenvalue weighted by Gasteiger charge is 2.40. The predicted octanol–water partition coefficient (Wildman–Crippen LogP) is -0.633. The Balaban J connectivity index is 1.96. The first-order valence-corrected chi connectivity index (χ1v) is 6.24. The van der Waals surface area contributed by atoms with Crippen LogP contribution in [0.5, 0.6) is 0 Å². The van der Waals surface area contributed by atoms with Crippen LogP contribution in [0, 0.1) is 0 Å². The lowest BCUT2D eigenvalue weighted by Crippen LogP contribution is -2.51. The van der Waals surface area contributed by atoms with Crippen LogP contribution in [0.3, 0.4) is 0 Å². The molecular formula is C14H10N3O4-. The molecule has 0 saturated heterocycles. The minimum Gasteiger partial charge on any atom is -0.548 e. The first-order valence-electron chi connectivity index (χ1n) is 6.24. The largest absolute Gasteiger partial charge is 0.548 e. The Kier molecular flexibility index (Phi) is 3.02. The van der Waals surface area contributed by atoms with Gasteiger partial charge in [-0.25, -0.2) is 4.98 Å². The Morgan fingerprint density at radius 3 is 2.33 bits per heavy atom. The van der Waals surface area contributed by atoms with E-state index in [2.05, 4.69) is 9.97 Å². The minimum atomic E-state index is -1.49. The molecule has 1 atom stereocenters. The molecule has 1 aromatic carbocycles. The number of carbonyl (C=O) groups is 3. The van der Waals surface area contributed by atoms with Crippen molar-refractivity contribution >= 4 is 17.8 Å². The molecule has 2 aromatic rings. The second-order valence-corrected chi connectivity index (χ2v) is 4.64. The number of amides is 2. The highest BCUT2D eigenvalue weighted by atomic mass is 16.4. The molecule has 1 aliphatic rings. The van der Waals surface area contributed by atoms with Crippen molar-refractivity contribution in [3.05, 3.63) is 53.6 Å². The molecule has 1 N–H and O–H groups in total. The van der Waals surface area contributed by atoms with Crippen molar-refractivity contribution in [2.24, 2.45) is 0 Å². The number of fused-ring (bicyclic) bond motifs is 1. The summed E-state index contributed by atoms with van der Waals surface area (Å²) in [5, 5.41) is 11.4. The lowest BCUT2D eigenvalue weighted by molar-refractivity contribution is -0.310. The van der Waals surface area contributed by atoms with Gasteiger partial charge in [0, 0.05) is 18.3 Å². The number of rotatable bonds is 4. The van der Waals surface area contributed by atoms with Gasteiger partial charge >= 0.3 is 0 Å². The zero-order valence-electron chi connectivity index (χ0n) is 10.8. The highest BCUT2D eigenvalue weighted by molar-refractivity contribution is 6.22. The summed E-state index contributed by atoms with van der Waals surface area (Å²) in [6.07, 6.45) is 2.76. The number of aromatic nitrogens is 2. The third-order valence-electron chi connectivity index (χ3n) is 3.38. The van der Waals surface area contributed by atoms with Gasteiger partial charge in [-0.3, -0.25) is 14.5 Å². The first-order chi connectivity index (χ1) is 10.1. The fraction of sp³-hybridized carbons (Fsp3) is 0.143. The minimum absolute atomic E-state index is 0.0756. The molecule has 0 unspecified atom stereocenters. The van der Waals surface area contributed by atoms with E-state index in [1.807, 2.05) is 0 Å². The number of imide groups is 1. The molecule has 0 bridgehead atoms. The van der Waals surface area contributed by atoms with Gasteiger partial charge in [-0.1, -0.05) is 12.1 Å². The van der Waals surface area contributed by atoms with Crippen LogP contribution in [0.15, 0.2) is 36.8 Å². The van der Waals surface area contributed by atoms with Gasteiger partial charge in [0.15, 0.2) is 0 Å². The Hall–Kier alpha value is -2.96. The molecule has 0 fully saturated rings. The Labute approximate surface area is 119 Å². The van der Waals surface area contributed by atoms with Gasteiger partial charge in [-0.2, -0.15) is 0 Å². The van der Waals surface area contributed by atoms with E-state index in [1.54, 1.807) is 12.1 Å². The van der Waals surface area contributed by atoms with Crippen molar-refractivity contribution in [3.63, 3.8) is 0 Å². The number of hydrogen-bond acceptors (Lipinski definition) is 5. The molecule has 0 radical (unpaired) electrons. The molecule has 1 aliphatic heterocycles. The maximum absolute atomic E-state index is 12.3. The third-order valence-corrected chi connectivity index (χ3v) is 3.38. The number of carboxylic acid groups (broad SMARTS) is 1.